The first kappa shape index (κ1) is 14.6. The average Bonchev–Trinajstić information content (AvgIpc) is 2.45. The van der Waals surface area contributed by atoms with E-state index in [1.54, 1.807) is 11.0 Å². The number of piperidine rings is 1. The first-order valence-electron chi connectivity index (χ1n) is 6.98. The number of amides is 1. The number of aliphatic hydroxyl groups excluding tert-OH is 1. The molecule has 0 aliphatic carbocycles. The molecular weight excluding hydrogens is 252 g/mol. The minimum Gasteiger partial charge on any atom is -0.391 e. The van der Waals surface area contributed by atoms with E-state index in [9.17, 15) is 9.90 Å². The zero-order valence-corrected chi connectivity index (χ0v) is 12.1. The van der Waals surface area contributed by atoms with E-state index >= 15 is 0 Å². The fraction of sp³-hybridized carbons (Fsp3) is 0.438. The molecule has 0 aromatic heterocycles. The molecule has 0 saturated carbocycles. The second-order valence-corrected chi connectivity index (χ2v) is 5.40. The SMILES string of the molecule is CN(C)c1ccc(/C=C/C(=O)N2CCCC(O)C2)cc1. The molecule has 108 valence electrons. The van der Waals surface area contributed by atoms with Gasteiger partial charge >= 0.3 is 0 Å². The van der Waals surface area contributed by atoms with E-state index in [0.717, 1.165) is 30.6 Å². The maximum Gasteiger partial charge on any atom is 0.246 e. The monoisotopic (exact) mass is 274 g/mol. The van der Waals surface area contributed by atoms with Gasteiger partial charge in [-0.2, -0.15) is 0 Å². The van der Waals surface area contributed by atoms with E-state index < -0.39 is 0 Å². The zero-order chi connectivity index (χ0) is 14.5. The van der Waals surface area contributed by atoms with E-state index in [1.165, 1.54) is 0 Å². The average molecular weight is 274 g/mol. The summed E-state index contributed by atoms with van der Waals surface area (Å²) in [6, 6.07) is 8.03. The summed E-state index contributed by atoms with van der Waals surface area (Å²) >= 11 is 0. The third-order valence-electron chi connectivity index (χ3n) is 3.54. The third-order valence-corrected chi connectivity index (χ3v) is 3.54. The highest BCUT2D eigenvalue weighted by molar-refractivity contribution is 5.91. The molecule has 1 saturated heterocycles. The van der Waals surface area contributed by atoms with Crippen LogP contribution in [0, 0.1) is 0 Å². The number of likely N-dealkylation sites (tertiary alicyclic amines) is 1. The van der Waals surface area contributed by atoms with Crippen LogP contribution in [0.1, 0.15) is 18.4 Å². The predicted molar refractivity (Wildman–Crippen MR) is 81.6 cm³/mol. The highest BCUT2D eigenvalue weighted by atomic mass is 16.3. The van der Waals surface area contributed by atoms with Crippen LogP contribution in [0.25, 0.3) is 6.08 Å². The molecule has 1 aromatic carbocycles. The van der Waals surface area contributed by atoms with Crippen molar-refractivity contribution in [3.05, 3.63) is 35.9 Å². The summed E-state index contributed by atoms with van der Waals surface area (Å²) in [4.78, 5) is 15.8. The minimum absolute atomic E-state index is 0.0274. The zero-order valence-electron chi connectivity index (χ0n) is 12.1. The number of hydrogen-bond acceptors (Lipinski definition) is 3. The van der Waals surface area contributed by atoms with Gasteiger partial charge in [0.05, 0.1) is 6.10 Å². The van der Waals surface area contributed by atoms with Gasteiger partial charge in [0.25, 0.3) is 0 Å². The van der Waals surface area contributed by atoms with E-state index in [1.807, 2.05) is 49.3 Å². The summed E-state index contributed by atoms with van der Waals surface area (Å²) in [5.74, 6) is -0.0274. The Hall–Kier alpha value is -1.81. The van der Waals surface area contributed by atoms with Gasteiger partial charge in [0.15, 0.2) is 0 Å². The standard InChI is InChI=1S/C16H22N2O2/c1-17(2)14-8-5-13(6-9-14)7-10-16(20)18-11-3-4-15(19)12-18/h5-10,15,19H,3-4,11-12H2,1-2H3/b10-7+. The largest absolute Gasteiger partial charge is 0.391 e. The Morgan fingerprint density at radius 2 is 2.05 bits per heavy atom. The number of β-amino-alcohol motifs (C(OH)–C–C–N with tert-alkyl or cyclic N) is 1. The van der Waals surface area contributed by atoms with Crippen molar-refractivity contribution in [2.75, 3.05) is 32.1 Å². The van der Waals surface area contributed by atoms with Crippen molar-refractivity contribution in [3.8, 4) is 0 Å². The van der Waals surface area contributed by atoms with Gasteiger partial charge in [-0.25, -0.2) is 0 Å². The van der Waals surface area contributed by atoms with E-state index in [4.69, 9.17) is 0 Å². The third kappa shape index (κ3) is 3.84. The molecule has 1 heterocycles. The van der Waals surface area contributed by atoms with Crippen LogP contribution in [0.4, 0.5) is 5.69 Å². The van der Waals surface area contributed by atoms with Gasteiger partial charge in [-0.05, 0) is 36.6 Å². The molecule has 1 atom stereocenters. The van der Waals surface area contributed by atoms with Crippen LogP contribution in [-0.4, -0.2) is 49.2 Å². The molecular formula is C16H22N2O2. The van der Waals surface area contributed by atoms with Gasteiger partial charge in [0.2, 0.25) is 5.91 Å². The number of aliphatic hydroxyl groups is 1. The minimum atomic E-state index is -0.375. The quantitative estimate of drug-likeness (QED) is 0.854. The van der Waals surface area contributed by atoms with Crippen LogP contribution < -0.4 is 4.90 Å². The van der Waals surface area contributed by atoms with Crippen LogP contribution in [0.3, 0.4) is 0 Å². The van der Waals surface area contributed by atoms with Gasteiger partial charge in [0.1, 0.15) is 0 Å². The van der Waals surface area contributed by atoms with Gasteiger partial charge in [0, 0.05) is 38.9 Å². The van der Waals surface area contributed by atoms with Crippen molar-refractivity contribution in [2.24, 2.45) is 0 Å². The highest BCUT2D eigenvalue weighted by Gasteiger charge is 2.20. The molecule has 1 unspecified atom stereocenters. The maximum atomic E-state index is 12.0. The Kier molecular flexibility index (Phi) is 4.79. The summed E-state index contributed by atoms with van der Waals surface area (Å²) in [5, 5.41) is 9.57. The number of hydrogen-bond donors (Lipinski definition) is 1. The Balaban J connectivity index is 1.96. The fourth-order valence-electron chi connectivity index (χ4n) is 2.31. The van der Waals surface area contributed by atoms with Crippen molar-refractivity contribution in [2.45, 2.75) is 18.9 Å². The molecule has 0 bridgehead atoms. The Labute approximate surface area is 120 Å². The second kappa shape index (κ2) is 6.57. The highest BCUT2D eigenvalue weighted by Crippen LogP contribution is 2.14. The Bertz CT molecular complexity index is 480. The molecule has 1 aromatic rings. The summed E-state index contributed by atoms with van der Waals surface area (Å²) in [7, 11) is 3.99. The van der Waals surface area contributed by atoms with Crippen LogP contribution in [0.15, 0.2) is 30.3 Å². The molecule has 1 amide bonds. The molecule has 0 radical (unpaired) electrons. The number of benzene rings is 1. The van der Waals surface area contributed by atoms with E-state index in [0.29, 0.717) is 6.54 Å². The number of carbonyl (C=O) groups is 1. The lowest BCUT2D eigenvalue weighted by atomic mass is 10.1. The fourth-order valence-corrected chi connectivity index (χ4v) is 2.31. The summed E-state index contributed by atoms with van der Waals surface area (Å²) in [6.45, 7) is 1.18. The topological polar surface area (TPSA) is 43.8 Å². The lowest BCUT2D eigenvalue weighted by Crippen LogP contribution is -2.41. The molecule has 1 aliphatic heterocycles. The summed E-state index contributed by atoms with van der Waals surface area (Å²) in [6.07, 6.45) is 4.70. The van der Waals surface area contributed by atoms with Crippen molar-refractivity contribution in [1.29, 1.82) is 0 Å². The Morgan fingerprint density at radius 1 is 1.35 bits per heavy atom. The molecule has 1 fully saturated rings. The molecule has 4 nitrogen and oxygen atoms in total. The normalized spacial score (nSPS) is 19.4. The first-order valence-corrected chi connectivity index (χ1v) is 6.98. The van der Waals surface area contributed by atoms with Crippen molar-refractivity contribution >= 4 is 17.7 Å². The van der Waals surface area contributed by atoms with Crippen LogP contribution in [0.2, 0.25) is 0 Å². The summed E-state index contributed by atoms with van der Waals surface area (Å²) < 4.78 is 0. The first-order chi connectivity index (χ1) is 9.56. The number of anilines is 1. The van der Waals surface area contributed by atoms with Gasteiger partial charge < -0.3 is 14.9 Å². The molecule has 0 spiro atoms. The number of nitrogens with zero attached hydrogens (tertiary/aromatic N) is 2. The second-order valence-electron chi connectivity index (χ2n) is 5.40. The van der Waals surface area contributed by atoms with Crippen LogP contribution in [-0.2, 0) is 4.79 Å². The van der Waals surface area contributed by atoms with Crippen molar-refractivity contribution < 1.29 is 9.90 Å². The van der Waals surface area contributed by atoms with Crippen molar-refractivity contribution in [3.63, 3.8) is 0 Å². The van der Waals surface area contributed by atoms with E-state index in [-0.39, 0.29) is 12.0 Å². The maximum absolute atomic E-state index is 12.0. The van der Waals surface area contributed by atoms with Crippen molar-refractivity contribution in [1.82, 2.24) is 4.90 Å². The molecule has 20 heavy (non-hydrogen) atoms. The molecule has 1 N–H and O–H groups in total. The molecule has 1 aliphatic rings. The lowest BCUT2D eigenvalue weighted by molar-refractivity contribution is -0.128. The van der Waals surface area contributed by atoms with Gasteiger partial charge in [-0.3, -0.25) is 4.79 Å². The predicted octanol–water partition coefficient (Wildman–Crippen LogP) is 1.75. The smallest absolute Gasteiger partial charge is 0.246 e. The van der Waals surface area contributed by atoms with Crippen LogP contribution >= 0.6 is 0 Å². The Morgan fingerprint density at radius 3 is 2.65 bits per heavy atom. The molecule has 2 rings (SSSR count). The lowest BCUT2D eigenvalue weighted by Gasteiger charge is -2.29. The summed E-state index contributed by atoms with van der Waals surface area (Å²) in [5.41, 5.74) is 2.13. The number of carbonyl (C=O) groups excluding carboxylic acids is 1. The number of rotatable bonds is 3. The molecule has 4 heteroatoms. The van der Waals surface area contributed by atoms with E-state index in [2.05, 4.69) is 0 Å². The van der Waals surface area contributed by atoms with Crippen LogP contribution in [0.5, 0.6) is 0 Å². The van der Waals surface area contributed by atoms with Gasteiger partial charge in [-0.1, -0.05) is 12.1 Å². The van der Waals surface area contributed by atoms with Gasteiger partial charge in [-0.15, -0.1) is 0 Å².